The molecule has 0 aliphatic heterocycles. The first-order chi connectivity index (χ1) is 9.99. The van der Waals surface area contributed by atoms with E-state index in [1.54, 1.807) is 18.5 Å². The molecule has 0 amide bonds. The topological polar surface area (TPSA) is 94.6 Å². The Kier molecular flexibility index (Phi) is 3.36. The van der Waals surface area contributed by atoms with E-state index in [1.807, 2.05) is 0 Å². The Balaban J connectivity index is 1.81. The second-order valence-electron chi connectivity index (χ2n) is 5.30. The summed E-state index contributed by atoms with van der Waals surface area (Å²) in [5, 5.41) is 22.3. The third-order valence-electron chi connectivity index (χ3n) is 3.76. The Morgan fingerprint density at radius 3 is 2.76 bits per heavy atom. The molecule has 0 unspecified atom stereocenters. The molecule has 0 bridgehead atoms. The highest BCUT2D eigenvalue weighted by Gasteiger charge is 2.27. The minimum atomic E-state index is -0.381. The van der Waals surface area contributed by atoms with Gasteiger partial charge in [0.1, 0.15) is 17.2 Å². The molecule has 0 atom stereocenters. The highest BCUT2D eigenvalue weighted by Crippen LogP contribution is 2.35. The summed E-state index contributed by atoms with van der Waals surface area (Å²) in [5.74, 6) is 0.887. The van der Waals surface area contributed by atoms with E-state index in [0.29, 0.717) is 35.2 Å². The monoisotopic (exact) mass is 308 g/mol. The first-order valence-corrected chi connectivity index (χ1v) is 7.24. The normalized spacial score (nSPS) is 14.6. The summed E-state index contributed by atoms with van der Waals surface area (Å²) in [7, 11) is 0. The van der Waals surface area contributed by atoms with Crippen LogP contribution in [0.3, 0.4) is 0 Å². The van der Waals surface area contributed by atoms with Crippen LogP contribution in [-0.4, -0.2) is 29.5 Å². The Hall–Kier alpha value is -2.03. The van der Waals surface area contributed by atoms with Gasteiger partial charge in [0.2, 0.25) is 0 Å². The van der Waals surface area contributed by atoms with Gasteiger partial charge in [-0.25, -0.2) is 0 Å². The van der Waals surface area contributed by atoms with Gasteiger partial charge >= 0.3 is 5.69 Å². The van der Waals surface area contributed by atoms with Crippen molar-refractivity contribution < 1.29 is 4.92 Å². The van der Waals surface area contributed by atoms with E-state index in [1.165, 1.54) is 0 Å². The Morgan fingerprint density at radius 2 is 2.19 bits per heavy atom. The fourth-order valence-corrected chi connectivity index (χ4v) is 2.90. The minimum absolute atomic E-state index is 0.0936. The molecule has 2 aromatic rings. The van der Waals surface area contributed by atoms with Crippen LogP contribution in [0.4, 0.5) is 5.69 Å². The van der Waals surface area contributed by atoms with Crippen molar-refractivity contribution in [3.8, 4) is 0 Å². The first-order valence-electron chi connectivity index (χ1n) is 6.83. The van der Waals surface area contributed by atoms with Crippen molar-refractivity contribution in [2.24, 2.45) is 0 Å². The lowest BCUT2D eigenvalue weighted by Gasteiger charge is -2.06. The molecule has 2 aromatic heterocycles. The summed E-state index contributed by atoms with van der Waals surface area (Å²) in [5.41, 5.74) is 1.11. The molecule has 3 rings (SSSR count). The zero-order chi connectivity index (χ0) is 15.1. The van der Waals surface area contributed by atoms with Crippen LogP contribution in [0.1, 0.15) is 36.1 Å². The largest absolute Gasteiger partial charge is 0.312 e. The van der Waals surface area contributed by atoms with Gasteiger partial charge in [-0.05, 0) is 38.9 Å². The highest BCUT2D eigenvalue weighted by atomic mass is 32.1. The number of aryl methyl sites for hydroxylation is 3. The predicted octanol–water partition coefficient (Wildman–Crippen LogP) is 2.24. The summed E-state index contributed by atoms with van der Waals surface area (Å²) < 4.78 is 4.37. The lowest BCUT2D eigenvalue weighted by atomic mass is 10.3. The van der Waals surface area contributed by atoms with Gasteiger partial charge in [-0.15, -0.1) is 0 Å². The molecule has 112 valence electrons. The fraction of sp³-hybridized carbons (Fsp3) is 0.583. The Morgan fingerprint density at radius 1 is 1.48 bits per heavy atom. The quantitative estimate of drug-likeness (QED) is 0.519. The SMILES string of the molecule is Cc1nn(CCc2n[nH]c(=S)n2C2CC2)c(C)c1[N+](=O)[O-]. The van der Waals surface area contributed by atoms with Crippen molar-refractivity contribution >= 4 is 17.9 Å². The van der Waals surface area contributed by atoms with Gasteiger partial charge in [-0.3, -0.25) is 19.9 Å². The summed E-state index contributed by atoms with van der Waals surface area (Å²) >= 11 is 5.24. The molecular formula is C12H16N6O2S. The maximum Gasteiger partial charge on any atom is 0.312 e. The van der Waals surface area contributed by atoms with E-state index in [9.17, 15) is 10.1 Å². The molecular weight excluding hydrogens is 292 g/mol. The Labute approximate surface area is 125 Å². The lowest BCUT2D eigenvalue weighted by Crippen LogP contribution is -2.10. The second kappa shape index (κ2) is 5.06. The number of nitrogens with zero attached hydrogens (tertiary/aromatic N) is 5. The molecule has 0 saturated heterocycles. The lowest BCUT2D eigenvalue weighted by molar-refractivity contribution is -0.386. The third kappa shape index (κ3) is 2.48. The summed E-state index contributed by atoms with van der Waals surface area (Å²) in [4.78, 5) is 10.6. The van der Waals surface area contributed by atoms with E-state index in [4.69, 9.17) is 12.2 Å². The zero-order valence-electron chi connectivity index (χ0n) is 11.9. The number of aromatic nitrogens is 5. The van der Waals surface area contributed by atoms with Crippen molar-refractivity contribution in [2.75, 3.05) is 0 Å². The number of nitro groups is 1. The van der Waals surface area contributed by atoms with Crippen LogP contribution in [-0.2, 0) is 13.0 Å². The maximum absolute atomic E-state index is 11.0. The molecule has 9 heteroatoms. The first kappa shape index (κ1) is 13.9. The number of aromatic amines is 1. The van der Waals surface area contributed by atoms with Crippen molar-refractivity contribution in [1.82, 2.24) is 24.5 Å². The summed E-state index contributed by atoms with van der Waals surface area (Å²) in [6.07, 6.45) is 2.90. The predicted molar refractivity (Wildman–Crippen MR) is 77.7 cm³/mol. The molecule has 21 heavy (non-hydrogen) atoms. The molecule has 0 spiro atoms. The molecule has 1 aliphatic carbocycles. The van der Waals surface area contributed by atoms with Crippen molar-refractivity contribution in [3.05, 3.63) is 32.1 Å². The highest BCUT2D eigenvalue weighted by molar-refractivity contribution is 7.71. The number of H-pyrrole nitrogens is 1. The van der Waals surface area contributed by atoms with E-state index < -0.39 is 0 Å². The van der Waals surface area contributed by atoms with Gasteiger partial charge < -0.3 is 4.57 Å². The van der Waals surface area contributed by atoms with Gasteiger partial charge in [-0.2, -0.15) is 10.2 Å². The van der Waals surface area contributed by atoms with Gasteiger partial charge in [0.15, 0.2) is 4.77 Å². The van der Waals surface area contributed by atoms with Crippen LogP contribution in [0, 0.1) is 28.7 Å². The van der Waals surface area contributed by atoms with Crippen LogP contribution in [0.15, 0.2) is 0 Å². The Bertz CT molecular complexity index is 754. The summed E-state index contributed by atoms with van der Waals surface area (Å²) in [6, 6.07) is 0.459. The standard InChI is InChI=1S/C12H16N6O2S/c1-7-11(18(19)20)8(2)16(15-7)6-5-10-13-14-12(21)17(10)9-3-4-9/h9H,3-6H2,1-2H3,(H,14,21). The van der Waals surface area contributed by atoms with Crippen LogP contribution in [0.5, 0.6) is 0 Å². The molecule has 8 nitrogen and oxygen atoms in total. The molecule has 0 aromatic carbocycles. The maximum atomic E-state index is 11.0. The number of nitrogens with one attached hydrogen (secondary N) is 1. The third-order valence-corrected chi connectivity index (χ3v) is 4.05. The van der Waals surface area contributed by atoms with Crippen molar-refractivity contribution in [2.45, 2.75) is 45.7 Å². The summed E-state index contributed by atoms with van der Waals surface area (Å²) in [6.45, 7) is 3.92. The molecule has 1 saturated carbocycles. The number of rotatable bonds is 5. The van der Waals surface area contributed by atoms with Gasteiger partial charge in [0.05, 0.1) is 4.92 Å². The van der Waals surface area contributed by atoms with E-state index >= 15 is 0 Å². The molecule has 1 fully saturated rings. The average molecular weight is 308 g/mol. The van der Waals surface area contributed by atoms with Gasteiger partial charge in [0.25, 0.3) is 0 Å². The molecule has 1 N–H and O–H groups in total. The average Bonchev–Trinajstić information content (AvgIpc) is 3.11. The fourth-order valence-electron chi connectivity index (χ4n) is 2.60. The molecule has 0 radical (unpaired) electrons. The van der Waals surface area contributed by atoms with Crippen LogP contribution < -0.4 is 0 Å². The van der Waals surface area contributed by atoms with Crippen molar-refractivity contribution in [1.29, 1.82) is 0 Å². The molecule has 2 heterocycles. The van der Waals surface area contributed by atoms with Gasteiger partial charge in [-0.1, -0.05) is 0 Å². The van der Waals surface area contributed by atoms with Crippen LogP contribution in [0.2, 0.25) is 0 Å². The van der Waals surface area contributed by atoms with E-state index in [0.717, 1.165) is 18.7 Å². The molecule has 1 aliphatic rings. The van der Waals surface area contributed by atoms with E-state index in [2.05, 4.69) is 19.9 Å². The van der Waals surface area contributed by atoms with Crippen molar-refractivity contribution in [3.63, 3.8) is 0 Å². The zero-order valence-corrected chi connectivity index (χ0v) is 12.7. The number of hydrogen-bond donors (Lipinski definition) is 1. The second-order valence-corrected chi connectivity index (χ2v) is 5.68. The number of hydrogen-bond acceptors (Lipinski definition) is 5. The minimum Gasteiger partial charge on any atom is -0.301 e. The van der Waals surface area contributed by atoms with Crippen LogP contribution >= 0.6 is 12.2 Å². The van der Waals surface area contributed by atoms with Crippen LogP contribution in [0.25, 0.3) is 0 Å². The smallest absolute Gasteiger partial charge is 0.301 e. The van der Waals surface area contributed by atoms with Gasteiger partial charge in [0, 0.05) is 19.0 Å². The van der Waals surface area contributed by atoms with E-state index in [-0.39, 0.29) is 10.6 Å².